The van der Waals surface area contributed by atoms with E-state index in [9.17, 15) is 4.79 Å². The van der Waals surface area contributed by atoms with Crippen molar-refractivity contribution in [1.29, 1.82) is 0 Å². The van der Waals surface area contributed by atoms with Crippen LogP contribution in [0.15, 0.2) is 97.3 Å². The Morgan fingerprint density at radius 1 is 0.871 bits per heavy atom. The number of hydrogen-bond acceptors (Lipinski definition) is 3. The van der Waals surface area contributed by atoms with E-state index in [0.717, 1.165) is 10.8 Å². The van der Waals surface area contributed by atoms with Crippen LogP contribution in [0.4, 0.5) is 5.69 Å². The minimum Gasteiger partial charge on any atom is -0.484 e. The number of anilines is 1. The van der Waals surface area contributed by atoms with Crippen molar-refractivity contribution in [3.8, 4) is 5.75 Å². The van der Waals surface area contributed by atoms with Gasteiger partial charge in [-0.3, -0.25) is 9.48 Å². The van der Waals surface area contributed by atoms with Gasteiger partial charge in [0.2, 0.25) is 0 Å². The molecule has 1 heterocycles. The quantitative estimate of drug-likeness (QED) is 0.418. The summed E-state index contributed by atoms with van der Waals surface area (Å²) in [6.45, 7) is 0.567. The number of nitrogens with one attached hydrogen (secondary N) is 1. The highest BCUT2D eigenvalue weighted by molar-refractivity contribution is 5.92. The predicted octanol–water partition coefficient (Wildman–Crippen LogP) is 5.26. The molecular weight excluding hydrogens is 386 g/mol. The molecule has 5 rings (SSSR count). The monoisotopic (exact) mass is 407 g/mol. The Bertz CT molecular complexity index is 1370. The highest BCUT2D eigenvalue weighted by Gasteiger charge is 2.08. The lowest BCUT2D eigenvalue weighted by atomic mass is 10.0. The van der Waals surface area contributed by atoms with E-state index in [1.54, 1.807) is 6.20 Å². The lowest BCUT2D eigenvalue weighted by Gasteiger charge is -2.08. The number of amides is 1. The lowest BCUT2D eigenvalue weighted by molar-refractivity contribution is -0.118. The predicted molar refractivity (Wildman–Crippen MR) is 123 cm³/mol. The smallest absolute Gasteiger partial charge is 0.262 e. The summed E-state index contributed by atoms with van der Waals surface area (Å²) in [7, 11) is 0. The summed E-state index contributed by atoms with van der Waals surface area (Å²) in [6, 6.07) is 28.4. The first-order chi connectivity index (χ1) is 15.2. The molecule has 152 valence electrons. The van der Waals surface area contributed by atoms with Gasteiger partial charge >= 0.3 is 0 Å². The van der Waals surface area contributed by atoms with Crippen molar-refractivity contribution in [2.45, 2.75) is 6.54 Å². The van der Waals surface area contributed by atoms with Gasteiger partial charge in [-0.15, -0.1) is 0 Å². The number of ether oxygens (including phenoxy) is 1. The molecule has 31 heavy (non-hydrogen) atoms. The van der Waals surface area contributed by atoms with Gasteiger partial charge < -0.3 is 10.1 Å². The van der Waals surface area contributed by atoms with Crippen LogP contribution in [0.2, 0.25) is 0 Å². The number of carbonyl (C=O) groups excluding carboxylic acids is 1. The Labute approximate surface area is 179 Å². The highest BCUT2D eigenvalue weighted by atomic mass is 16.5. The van der Waals surface area contributed by atoms with E-state index in [0.29, 0.717) is 18.0 Å². The molecule has 1 aromatic heterocycles. The average Bonchev–Trinajstić information content (AvgIpc) is 3.24. The van der Waals surface area contributed by atoms with Crippen LogP contribution >= 0.6 is 0 Å². The summed E-state index contributed by atoms with van der Waals surface area (Å²) in [5.41, 5.74) is 1.83. The SMILES string of the molecule is O=C(COc1ccc2ccccc2c1)Nc1cnn(Cc2cccc3ccccc23)c1. The van der Waals surface area contributed by atoms with Crippen molar-refractivity contribution in [3.05, 3.63) is 103 Å². The summed E-state index contributed by atoms with van der Waals surface area (Å²) in [4.78, 5) is 12.3. The second-order valence-corrected chi connectivity index (χ2v) is 7.41. The summed E-state index contributed by atoms with van der Waals surface area (Å²) in [6.07, 6.45) is 3.48. The van der Waals surface area contributed by atoms with Gasteiger partial charge in [0.1, 0.15) is 5.75 Å². The summed E-state index contributed by atoms with van der Waals surface area (Å²) >= 11 is 0. The van der Waals surface area contributed by atoms with Crippen LogP contribution in [0.3, 0.4) is 0 Å². The van der Waals surface area contributed by atoms with E-state index >= 15 is 0 Å². The van der Waals surface area contributed by atoms with E-state index in [1.165, 1.54) is 16.3 Å². The number of carbonyl (C=O) groups is 1. The zero-order valence-electron chi connectivity index (χ0n) is 16.9. The van der Waals surface area contributed by atoms with Crippen LogP contribution in [0.5, 0.6) is 5.75 Å². The minimum atomic E-state index is -0.224. The molecule has 0 spiro atoms. The number of fused-ring (bicyclic) bond motifs is 2. The molecule has 0 unspecified atom stereocenters. The van der Waals surface area contributed by atoms with Gasteiger partial charge in [-0.05, 0) is 39.2 Å². The van der Waals surface area contributed by atoms with Gasteiger partial charge in [0.05, 0.1) is 18.4 Å². The summed E-state index contributed by atoms with van der Waals surface area (Å²) in [5.74, 6) is 0.443. The average molecular weight is 407 g/mol. The maximum Gasteiger partial charge on any atom is 0.262 e. The largest absolute Gasteiger partial charge is 0.484 e. The van der Waals surface area contributed by atoms with Crippen LogP contribution in [0.1, 0.15) is 5.56 Å². The van der Waals surface area contributed by atoms with Crippen molar-refractivity contribution in [2.75, 3.05) is 11.9 Å². The summed E-state index contributed by atoms with van der Waals surface area (Å²) in [5, 5.41) is 11.9. The fraction of sp³-hybridized carbons (Fsp3) is 0.0769. The first-order valence-corrected chi connectivity index (χ1v) is 10.2. The first-order valence-electron chi connectivity index (χ1n) is 10.2. The van der Waals surface area contributed by atoms with Crippen molar-refractivity contribution in [2.24, 2.45) is 0 Å². The van der Waals surface area contributed by atoms with Crippen LogP contribution in [-0.4, -0.2) is 22.3 Å². The van der Waals surface area contributed by atoms with Gasteiger partial charge in [0.25, 0.3) is 5.91 Å². The molecule has 0 radical (unpaired) electrons. The first kappa shape index (κ1) is 18.9. The molecule has 5 aromatic rings. The highest BCUT2D eigenvalue weighted by Crippen LogP contribution is 2.21. The summed E-state index contributed by atoms with van der Waals surface area (Å²) < 4.78 is 7.48. The molecule has 5 nitrogen and oxygen atoms in total. The standard InChI is InChI=1S/C26H21N3O2/c30-26(18-31-24-13-12-19-6-1-2-8-21(19)14-24)28-23-15-27-29(17-23)16-22-10-5-9-20-7-3-4-11-25(20)22/h1-15,17H,16,18H2,(H,28,30). The van der Waals surface area contributed by atoms with Crippen molar-refractivity contribution < 1.29 is 9.53 Å². The minimum absolute atomic E-state index is 0.0627. The van der Waals surface area contributed by atoms with E-state index < -0.39 is 0 Å². The van der Waals surface area contributed by atoms with Crippen LogP contribution < -0.4 is 10.1 Å². The molecule has 5 heteroatoms. The van der Waals surface area contributed by atoms with Crippen molar-refractivity contribution in [3.63, 3.8) is 0 Å². The second-order valence-electron chi connectivity index (χ2n) is 7.41. The number of rotatable bonds is 6. The molecule has 1 amide bonds. The van der Waals surface area contributed by atoms with E-state index in [1.807, 2.05) is 71.5 Å². The third-order valence-electron chi connectivity index (χ3n) is 5.22. The zero-order chi connectivity index (χ0) is 21.0. The topological polar surface area (TPSA) is 56.1 Å². The Morgan fingerprint density at radius 3 is 2.55 bits per heavy atom. The molecule has 4 aromatic carbocycles. The van der Waals surface area contributed by atoms with Crippen LogP contribution in [0, 0.1) is 0 Å². The number of nitrogens with zero attached hydrogens (tertiary/aromatic N) is 2. The molecule has 0 atom stereocenters. The Balaban J connectivity index is 1.21. The van der Waals surface area contributed by atoms with Gasteiger partial charge in [0.15, 0.2) is 6.61 Å². The van der Waals surface area contributed by atoms with Crippen LogP contribution in [0.25, 0.3) is 21.5 Å². The van der Waals surface area contributed by atoms with E-state index in [2.05, 4.69) is 34.7 Å². The normalized spacial score (nSPS) is 11.0. The molecule has 0 aliphatic carbocycles. The van der Waals surface area contributed by atoms with Crippen molar-refractivity contribution in [1.82, 2.24) is 9.78 Å². The third-order valence-corrected chi connectivity index (χ3v) is 5.22. The maximum atomic E-state index is 12.3. The van der Waals surface area contributed by atoms with Gasteiger partial charge in [-0.1, -0.05) is 72.8 Å². The Hall–Kier alpha value is -4.12. The molecule has 1 N–H and O–H groups in total. The van der Waals surface area contributed by atoms with E-state index in [-0.39, 0.29) is 12.5 Å². The number of hydrogen-bond donors (Lipinski definition) is 1. The molecular formula is C26H21N3O2. The molecule has 0 fully saturated rings. The van der Waals surface area contributed by atoms with Gasteiger partial charge in [-0.2, -0.15) is 5.10 Å². The van der Waals surface area contributed by atoms with Crippen LogP contribution in [-0.2, 0) is 11.3 Å². The Morgan fingerprint density at radius 2 is 1.65 bits per heavy atom. The fourth-order valence-corrected chi connectivity index (χ4v) is 3.72. The lowest BCUT2D eigenvalue weighted by Crippen LogP contribution is -2.19. The van der Waals surface area contributed by atoms with Gasteiger partial charge in [-0.25, -0.2) is 0 Å². The number of aromatic nitrogens is 2. The van der Waals surface area contributed by atoms with Crippen molar-refractivity contribution >= 4 is 33.1 Å². The zero-order valence-corrected chi connectivity index (χ0v) is 16.9. The third kappa shape index (κ3) is 4.26. The second kappa shape index (κ2) is 8.32. The van der Waals surface area contributed by atoms with E-state index in [4.69, 9.17) is 4.74 Å². The van der Waals surface area contributed by atoms with Gasteiger partial charge in [0, 0.05) is 6.20 Å². The molecule has 0 aliphatic heterocycles. The molecule has 0 saturated carbocycles. The maximum absolute atomic E-state index is 12.3. The Kier molecular flexibility index (Phi) is 5.07. The number of benzene rings is 4. The molecule has 0 bridgehead atoms. The molecule has 0 aliphatic rings. The molecule has 0 saturated heterocycles. The fourth-order valence-electron chi connectivity index (χ4n) is 3.72.